The van der Waals surface area contributed by atoms with Crippen molar-refractivity contribution < 1.29 is 9.47 Å². The van der Waals surface area contributed by atoms with Crippen LogP contribution < -0.4 is 9.47 Å². The molecule has 0 atom stereocenters. The van der Waals surface area contributed by atoms with E-state index in [1.54, 1.807) is 14.2 Å². The topological polar surface area (TPSA) is 18.5 Å². The Bertz CT molecular complexity index is 538. The zero-order chi connectivity index (χ0) is 13.0. The number of ether oxygens (including phenoxy) is 2. The molecule has 2 aromatic carbocycles. The summed E-state index contributed by atoms with van der Waals surface area (Å²) in [5.41, 5.74) is 3.59. The maximum atomic E-state index is 5.34. The normalized spacial score (nSPS) is 10.2. The van der Waals surface area contributed by atoms with Gasteiger partial charge in [0.2, 0.25) is 0 Å². The summed E-state index contributed by atoms with van der Waals surface area (Å²) in [4.78, 5) is 0. The molecular weight excluding hydrogens is 292 g/mol. The molecule has 0 heterocycles. The first-order chi connectivity index (χ1) is 8.80. The maximum absolute atomic E-state index is 5.34. The Kier molecular flexibility index (Phi) is 4.26. The van der Waals surface area contributed by atoms with Crippen molar-refractivity contribution in [1.82, 2.24) is 0 Å². The molecule has 0 saturated heterocycles. The number of hydrogen-bond acceptors (Lipinski definition) is 2. The maximum Gasteiger partial charge on any atom is 0.161 e. The predicted molar refractivity (Wildman–Crippen MR) is 77.6 cm³/mol. The molecule has 0 aliphatic rings. The van der Waals surface area contributed by atoms with E-state index in [1.165, 1.54) is 11.1 Å². The molecule has 2 aromatic rings. The van der Waals surface area contributed by atoms with Gasteiger partial charge < -0.3 is 9.47 Å². The van der Waals surface area contributed by atoms with Crippen molar-refractivity contribution in [1.29, 1.82) is 0 Å². The Hall–Kier alpha value is -1.48. The summed E-state index contributed by atoms with van der Waals surface area (Å²) in [6, 6.07) is 14.3. The zero-order valence-corrected chi connectivity index (χ0v) is 12.0. The van der Waals surface area contributed by atoms with Crippen molar-refractivity contribution in [3.8, 4) is 22.6 Å². The molecule has 0 aliphatic heterocycles. The smallest absolute Gasteiger partial charge is 0.161 e. The highest BCUT2D eigenvalue weighted by molar-refractivity contribution is 9.08. The average molecular weight is 307 g/mol. The summed E-state index contributed by atoms with van der Waals surface area (Å²) in [7, 11) is 3.29. The van der Waals surface area contributed by atoms with Gasteiger partial charge in [-0.1, -0.05) is 46.3 Å². The standard InChI is InChI=1S/C15H15BrO2/c1-17-14-8-7-11(9-15(14)18-2)13-6-4-3-5-12(13)10-16/h3-9H,10H2,1-2H3. The number of methoxy groups -OCH3 is 2. The van der Waals surface area contributed by atoms with E-state index in [2.05, 4.69) is 28.1 Å². The third-order valence-electron chi connectivity index (χ3n) is 2.86. The van der Waals surface area contributed by atoms with Gasteiger partial charge in [-0.05, 0) is 28.8 Å². The fourth-order valence-corrected chi connectivity index (χ4v) is 2.41. The van der Waals surface area contributed by atoms with E-state index >= 15 is 0 Å². The van der Waals surface area contributed by atoms with Crippen molar-refractivity contribution in [3.05, 3.63) is 48.0 Å². The van der Waals surface area contributed by atoms with Gasteiger partial charge in [-0.3, -0.25) is 0 Å². The monoisotopic (exact) mass is 306 g/mol. The molecule has 0 saturated carbocycles. The zero-order valence-electron chi connectivity index (χ0n) is 10.4. The number of halogens is 1. The molecule has 0 fully saturated rings. The summed E-state index contributed by atoms with van der Waals surface area (Å²) in [6.07, 6.45) is 0. The highest BCUT2D eigenvalue weighted by atomic mass is 79.9. The van der Waals surface area contributed by atoms with Crippen molar-refractivity contribution in [3.63, 3.8) is 0 Å². The molecule has 0 unspecified atom stereocenters. The van der Waals surface area contributed by atoms with E-state index in [-0.39, 0.29) is 0 Å². The average Bonchev–Trinajstić information content (AvgIpc) is 2.46. The molecule has 0 aromatic heterocycles. The van der Waals surface area contributed by atoms with Crippen LogP contribution in [0.5, 0.6) is 11.5 Å². The summed E-state index contributed by atoms with van der Waals surface area (Å²) >= 11 is 3.51. The molecule has 0 N–H and O–H groups in total. The van der Waals surface area contributed by atoms with Crippen LogP contribution in [0.3, 0.4) is 0 Å². The van der Waals surface area contributed by atoms with Crippen molar-refractivity contribution >= 4 is 15.9 Å². The summed E-state index contributed by atoms with van der Waals surface area (Å²) in [6.45, 7) is 0. The second kappa shape index (κ2) is 5.91. The largest absolute Gasteiger partial charge is 0.493 e. The van der Waals surface area contributed by atoms with Crippen molar-refractivity contribution in [2.75, 3.05) is 14.2 Å². The summed E-state index contributed by atoms with van der Waals surface area (Å²) in [5.74, 6) is 1.50. The van der Waals surface area contributed by atoms with Crippen LogP contribution in [0, 0.1) is 0 Å². The Balaban J connectivity index is 2.51. The second-order valence-corrected chi connectivity index (χ2v) is 4.42. The molecule has 0 spiro atoms. The molecule has 3 heteroatoms. The first-order valence-corrected chi connectivity index (χ1v) is 6.78. The lowest BCUT2D eigenvalue weighted by atomic mass is 10.0. The molecule has 0 amide bonds. The Morgan fingerprint density at radius 1 is 0.944 bits per heavy atom. The van der Waals surface area contributed by atoms with Gasteiger partial charge in [0.25, 0.3) is 0 Å². The van der Waals surface area contributed by atoms with E-state index in [9.17, 15) is 0 Å². The van der Waals surface area contributed by atoms with Crippen LogP contribution >= 0.6 is 15.9 Å². The number of hydrogen-bond donors (Lipinski definition) is 0. The van der Waals surface area contributed by atoms with Gasteiger partial charge in [0, 0.05) is 5.33 Å². The molecule has 18 heavy (non-hydrogen) atoms. The van der Waals surface area contributed by atoms with E-state index < -0.39 is 0 Å². The highest BCUT2D eigenvalue weighted by Crippen LogP contribution is 2.34. The van der Waals surface area contributed by atoms with Crippen LogP contribution in [0.15, 0.2) is 42.5 Å². The Labute approximate surface area is 116 Å². The molecule has 0 bridgehead atoms. The molecular formula is C15H15BrO2. The van der Waals surface area contributed by atoms with E-state index in [0.717, 1.165) is 22.4 Å². The van der Waals surface area contributed by atoms with Crippen molar-refractivity contribution in [2.24, 2.45) is 0 Å². The fraction of sp³-hybridized carbons (Fsp3) is 0.200. The van der Waals surface area contributed by atoms with Crippen LogP contribution in [0.1, 0.15) is 5.56 Å². The quantitative estimate of drug-likeness (QED) is 0.786. The minimum atomic E-state index is 0.748. The van der Waals surface area contributed by atoms with E-state index in [1.807, 2.05) is 30.3 Å². The van der Waals surface area contributed by atoms with Crippen LogP contribution in [0.2, 0.25) is 0 Å². The SMILES string of the molecule is COc1ccc(-c2ccccc2CBr)cc1OC. The predicted octanol–water partition coefficient (Wildman–Crippen LogP) is 4.27. The molecule has 2 nitrogen and oxygen atoms in total. The Morgan fingerprint density at radius 2 is 1.67 bits per heavy atom. The lowest BCUT2D eigenvalue weighted by molar-refractivity contribution is 0.355. The lowest BCUT2D eigenvalue weighted by Gasteiger charge is -2.11. The number of rotatable bonds is 4. The van der Waals surface area contributed by atoms with Gasteiger partial charge >= 0.3 is 0 Å². The van der Waals surface area contributed by atoms with Gasteiger partial charge in [0.05, 0.1) is 14.2 Å². The fourth-order valence-electron chi connectivity index (χ4n) is 1.92. The van der Waals surface area contributed by atoms with Crippen LogP contribution in [-0.4, -0.2) is 14.2 Å². The van der Waals surface area contributed by atoms with Gasteiger partial charge in [-0.25, -0.2) is 0 Å². The second-order valence-electron chi connectivity index (χ2n) is 3.86. The van der Waals surface area contributed by atoms with Gasteiger partial charge in [-0.15, -0.1) is 0 Å². The lowest BCUT2D eigenvalue weighted by Crippen LogP contribution is -1.92. The highest BCUT2D eigenvalue weighted by Gasteiger charge is 2.08. The molecule has 0 aliphatic carbocycles. The van der Waals surface area contributed by atoms with E-state index in [4.69, 9.17) is 9.47 Å². The van der Waals surface area contributed by atoms with Crippen molar-refractivity contribution in [2.45, 2.75) is 5.33 Å². The minimum Gasteiger partial charge on any atom is -0.493 e. The number of alkyl halides is 1. The minimum absolute atomic E-state index is 0.748. The van der Waals surface area contributed by atoms with Gasteiger partial charge in [0.1, 0.15) is 0 Å². The summed E-state index contributed by atoms with van der Waals surface area (Å²) < 4.78 is 10.6. The van der Waals surface area contributed by atoms with Crippen LogP contribution in [0.25, 0.3) is 11.1 Å². The molecule has 94 valence electrons. The molecule has 0 radical (unpaired) electrons. The third kappa shape index (κ3) is 2.51. The van der Waals surface area contributed by atoms with E-state index in [0.29, 0.717) is 0 Å². The summed E-state index contributed by atoms with van der Waals surface area (Å²) in [5, 5.41) is 0.831. The first-order valence-electron chi connectivity index (χ1n) is 5.66. The Morgan fingerprint density at radius 3 is 2.33 bits per heavy atom. The van der Waals surface area contributed by atoms with Crippen LogP contribution in [-0.2, 0) is 5.33 Å². The third-order valence-corrected chi connectivity index (χ3v) is 3.46. The van der Waals surface area contributed by atoms with Gasteiger partial charge in [-0.2, -0.15) is 0 Å². The van der Waals surface area contributed by atoms with Crippen LogP contribution in [0.4, 0.5) is 0 Å². The molecule has 2 rings (SSSR count). The first kappa shape index (κ1) is 13.0. The van der Waals surface area contributed by atoms with Gasteiger partial charge in [0.15, 0.2) is 11.5 Å². The number of benzene rings is 2.